The van der Waals surface area contributed by atoms with Crippen LogP contribution in [0.15, 0.2) is 42.6 Å². The summed E-state index contributed by atoms with van der Waals surface area (Å²) in [5.41, 5.74) is 9.47. The second kappa shape index (κ2) is 6.62. The number of para-hydroxylation sites is 2. The van der Waals surface area contributed by atoms with Gasteiger partial charge in [0.05, 0.1) is 17.9 Å². The van der Waals surface area contributed by atoms with Crippen molar-refractivity contribution >= 4 is 17.2 Å². The van der Waals surface area contributed by atoms with Crippen LogP contribution in [0.2, 0.25) is 0 Å². The number of imidazole rings is 1. The van der Waals surface area contributed by atoms with Gasteiger partial charge >= 0.3 is 0 Å². The van der Waals surface area contributed by atoms with Crippen molar-refractivity contribution in [3.63, 3.8) is 0 Å². The van der Waals surface area contributed by atoms with E-state index in [1.54, 1.807) is 12.1 Å². The monoisotopic (exact) mass is 324 g/mol. The van der Waals surface area contributed by atoms with Gasteiger partial charge in [-0.1, -0.05) is 18.2 Å². The molecule has 1 aromatic carbocycles. The highest BCUT2D eigenvalue weighted by molar-refractivity contribution is 5.94. The van der Waals surface area contributed by atoms with Crippen molar-refractivity contribution in [2.24, 2.45) is 0 Å². The quantitative estimate of drug-likeness (QED) is 0.557. The fourth-order valence-corrected chi connectivity index (χ4v) is 2.56. The van der Waals surface area contributed by atoms with Crippen LogP contribution in [0, 0.1) is 13.8 Å². The Morgan fingerprint density at radius 2 is 2.04 bits per heavy atom. The summed E-state index contributed by atoms with van der Waals surface area (Å²) < 4.78 is 7.39. The van der Waals surface area contributed by atoms with Gasteiger partial charge in [0, 0.05) is 6.20 Å². The standard InChI is InChI=1S/C18H20N4O2/c1-12-7-8-16-21-13(2)17(22(16)11-12)18(23)20-9-10-24-15-6-4-3-5-14(15)19/h3-8,11H,9-10,19H2,1-2H3,(H,20,23). The van der Waals surface area contributed by atoms with E-state index in [2.05, 4.69) is 10.3 Å². The lowest BCUT2D eigenvalue weighted by molar-refractivity contribution is 0.0940. The molecule has 0 bridgehead atoms. The Morgan fingerprint density at radius 1 is 1.25 bits per heavy atom. The Hall–Kier alpha value is -3.02. The molecule has 6 nitrogen and oxygen atoms in total. The van der Waals surface area contributed by atoms with E-state index in [0.717, 1.165) is 11.2 Å². The fourth-order valence-electron chi connectivity index (χ4n) is 2.56. The van der Waals surface area contributed by atoms with Crippen molar-refractivity contribution in [2.75, 3.05) is 18.9 Å². The van der Waals surface area contributed by atoms with Crippen molar-refractivity contribution in [3.8, 4) is 5.75 Å². The highest BCUT2D eigenvalue weighted by atomic mass is 16.5. The summed E-state index contributed by atoms with van der Waals surface area (Å²) in [4.78, 5) is 16.9. The number of carbonyl (C=O) groups is 1. The van der Waals surface area contributed by atoms with Crippen molar-refractivity contribution in [1.82, 2.24) is 14.7 Å². The summed E-state index contributed by atoms with van der Waals surface area (Å²) in [6, 6.07) is 11.2. The lowest BCUT2D eigenvalue weighted by Crippen LogP contribution is -2.29. The summed E-state index contributed by atoms with van der Waals surface area (Å²) >= 11 is 0. The molecule has 3 aromatic rings. The Kier molecular flexibility index (Phi) is 4.37. The van der Waals surface area contributed by atoms with E-state index in [0.29, 0.717) is 36.0 Å². The molecular formula is C18H20N4O2. The third kappa shape index (κ3) is 3.17. The predicted octanol–water partition coefficient (Wildman–Crippen LogP) is 2.34. The zero-order valence-corrected chi connectivity index (χ0v) is 13.7. The van der Waals surface area contributed by atoms with E-state index in [1.165, 1.54) is 0 Å². The zero-order chi connectivity index (χ0) is 17.1. The number of aromatic nitrogens is 2. The summed E-state index contributed by atoms with van der Waals surface area (Å²) in [5.74, 6) is 0.448. The van der Waals surface area contributed by atoms with Gasteiger partial charge in [0.25, 0.3) is 5.91 Å². The van der Waals surface area contributed by atoms with E-state index in [4.69, 9.17) is 10.5 Å². The van der Waals surface area contributed by atoms with E-state index in [-0.39, 0.29) is 5.91 Å². The molecule has 6 heteroatoms. The molecule has 0 fully saturated rings. The van der Waals surface area contributed by atoms with Gasteiger partial charge in [0.15, 0.2) is 0 Å². The zero-order valence-electron chi connectivity index (χ0n) is 13.7. The number of nitrogens with two attached hydrogens (primary N) is 1. The smallest absolute Gasteiger partial charge is 0.270 e. The van der Waals surface area contributed by atoms with Crippen LogP contribution in [0.25, 0.3) is 5.65 Å². The van der Waals surface area contributed by atoms with Crippen LogP contribution >= 0.6 is 0 Å². The van der Waals surface area contributed by atoms with Crippen LogP contribution in [0.3, 0.4) is 0 Å². The third-order valence-electron chi connectivity index (χ3n) is 3.72. The molecule has 0 aliphatic rings. The molecule has 1 amide bonds. The summed E-state index contributed by atoms with van der Waals surface area (Å²) in [5, 5.41) is 2.86. The van der Waals surface area contributed by atoms with Gasteiger partial charge in [-0.3, -0.25) is 9.20 Å². The minimum absolute atomic E-state index is 0.171. The molecule has 124 valence electrons. The molecule has 0 saturated carbocycles. The molecule has 0 aliphatic carbocycles. The van der Waals surface area contributed by atoms with E-state index >= 15 is 0 Å². The van der Waals surface area contributed by atoms with Crippen LogP contribution in [0.1, 0.15) is 21.7 Å². The Balaban J connectivity index is 1.64. The Morgan fingerprint density at radius 3 is 2.83 bits per heavy atom. The maximum absolute atomic E-state index is 12.5. The fraction of sp³-hybridized carbons (Fsp3) is 0.222. The van der Waals surface area contributed by atoms with Crippen molar-refractivity contribution in [2.45, 2.75) is 13.8 Å². The summed E-state index contributed by atoms with van der Waals surface area (Å²) in [6.45, 7) is 4.54. The number of ether oxygens (including phenoxy) is 1. The lowest BCUT2D eigenvalue weighted by atomic mass is 10.3. The normalized spacial score (nSPS) is 10.8. The number of nitrogens with zero attached hydrogens (tertiary/aromatic N) is 2. The molecule has 0 spiro atoms. The second-order valence-corrected chi connectivity index (χ2v) is 5.62. The van der Waals surface area contributed by atoms with Gasteiger partial charge in [-0.05, 0) is 37.6 Å². The molecule has 2 aromatic heterocycles. The molecule has 3 N–H and O–H groups in total. The van der Waals surface area contributed by atoms with Gasteiger partial charge in [-0.2, -0.15) is 0 Å². The van der Waals surface area contributed by atoms with E-state index < -0.39 is 0 Å². The van der Waals surface area contributed by atoms with Gasteiger partial charge in [-0.25, -0.2) is 4.98 Å². The van der Waals surface area contributed by atoms with Crippen molar-refractivity contribution < 1.29 is 9.53 Å². The number of aryl methyl sites for hydroxylation is 2. The third-order valence-corrected chi connectivity index (χ3v) is 3.72. The van der Waals surface area contributed by atoms with Crippen LogP contribution < -0.4 is 15.8 Å². The van der Waals surface area contributed by atoms with Gasteiger partial charge < -0.3 is 15.8 Å². The number of nitrogen functional groups attached to an aromatic ring is 1. The average Bonchev–Trinajstić information content (AvgIpc) is 2.88. The molecule has 3 rings (SSSR count). The highest BCUT2D eigenvalue weighted by Gasteiger charge is 2.16. The molecule has 24 heavy (non-hydrogen) atoms. The predicted molar refractivity (Wildman–Crippen MR) is 93.3 cm³/mol. The van der Waals surface area contributed by atoms with Crippen molar-refractivity contribution in [3.05, 3.63) is 59.5 Å². The average molecular weight is 324 g/mol. The summed E-state index contributed by atoms with van der Waals surface area (Å²) in [7, 11) is 0. The molecular weight excluding hydrogens is 304 g/mol. The van der Waals surface area contributed by atoms with E-state index in [9.17, 15) is 4.79 Å². The highest BCUT2D eigenvalue weighted by Crippen LogP contribution is 2.19. The summed E-state index contributed by atoms with van der Waals surface area (Å²) in [6.07, 6.45) is 1.91. The second-order valence-electron chi connectivity index (χ2n) is 5.62. The van der Waals surface area contributed by atoms with E-state index in [1.807, 2.05) is 48.7 Å². The van der Waals surface area contributed by atoms with Gasteiger partial charge in [-0.15, -0.1) is 0 Å². The Bertz CT molecular complexity index is 886. The number of pyridine rings is 1. The Labute approximate surface area is 140 Å². The maximum atomic E-state index is 12.5. The van der Waals surface area contributed by atoms with Crippen molar-refractivity contribution in [1.29, 1.82) is 0 Å². The van der Waals surface area contributed by atoms with Crippen LogP contribution in [-0.2, 0) is 0 Å². The minimum Gasteiger partial charge on any atom is -0.490 e. The number of benzene rings is 1. The molecule has 0 saturated heterocycles. The molecule has 0 unspecified atom stereocenters. The minimum atomic E-state index is -0.171. The van der Waals surface area contributed by atoms with Gasteiger partial charge in [0.2, 0.25) is 0 Å². The SMILES string of the molecule is Cc1ccc2nc(C)c(C(=O)NCCOc3ccccc3N)n2c1. The molecule has 0 atom stereocenters. The first-order chi connectivity index (χ1) is 11.6. The number of nitrogens with one attached hydrogen (secondary N) is 1. The largest absolute Gasteiger partial charge is 0.490 e. The topological polar surface area (TPSA) is 81.6 Å². The van der Waals surface area contributed by atoms with Crippen LogP contribution in [0.5, 0.6) is 5.75 Å². The molecule has 0 radical (unpaired) electrons. The number of fused-ring (bicyclic) bond motifs is 1. The van der Waals surface area contributed by atoms with Crippen LogP contribution in [-0.4, -0.2) is 28.4 Å². The number of amides is 1. The van der Waals surface area contributed by atoms with Crippen LogP contribution in [0.4, 0.5) is 5.69 Å². The first-order valence-corrected chi connectivity index (χ1v) is 7.77. The first-order valence-electron chi connectivity index (χ1n) is 7.77. The van der Waals surface area contributed by atoms with Gasteiger partial charge in [0.1, 0.15) is 23.7 Å². The molecule has 2 heterocycles. The number of anilines is 1. The number of hydrogen-bond donors (Lipinski definition) is 2. The maximum Gasteiger partial charge on any atom is 0.270 e. The number of hydrogen-bond acceptors (Lipinski definition) is 4. The first kappa shape index (κ1) is 15.9. The number of rotatable bonds is 5. The molecule has 0 aliphatic heterocycles. The lowest BCUT2D eigenvalue weighted by Gasteiger charge is -2.10. The number of carbonyl (C=O) groups excluding carboxylic acids is 1.